The van der Waals surface area contributed by atoms with E-state index in [1.165, 1.54) is 11.3 Å². The van der Waals surface area contributed by atoms with Crippen molar-refractivity contribution in [1.29, 1.82) is 0 Å². The van der Waals surface area contributed by atoms with E-state index in [1.54, 1.807) is 17.3 Å². The van der Waals surface area contributed by atoms with Crippen LogP contribution in [0.4, 0.5) is 0 Å². The average Bonchev–Trinajstić information content (AvgIpc) is 3.11. The molecule has 0 spiro atoms. The minimum Gasteiger partial charge on any atom is -0.391 e. The highest BCUT2D eigenvalue weighted by Gasteiger charge is 2.36. The Labute approximate surface area is 121 Å². The molecule has 0 aromatic carbocycles. The number of hydrogen-bond acceptors (Lipinski definition) is 4. The van der Waals surface area contributed by atoms with Crippen LogP contribution < -0.4 is 0 Å². The number of carbonyl (C=O) groups excluding carboxylic acids is 1. The molecule has 5 heteroatoms. The fourth-order valence-electron chi connectivity index (χ4n) is 2.64. The third kappa shape index (κ3) is 2.59. The van der Waals surface area contributed by atoms with Gasteiger partial charge in [-0.05, 0) is 42.0 Å². The largest absolute Gasteiger partial charge is 0.391 e. The maximum atomic E-state index is 12.5. The Morgan fingerprint density at radius 1 is 1.40 bits per heavy atom. The van der Waals surface area contributed by atoms with Crippen molar-refractivity contribution in [2.75, 3.05) is 6.54 Å². The van der Waals surface area contributed by atoms with Gasteiger partial charge in [-0.1, -0.05) is 6.07 Å². The molecule has 1 N–H and O–H groups in total. The summed E-state index contributed by atoms with van der Waals surface area (Å²) in [5.41, 5.74) is 1.09. The first-order chi connectivity index (χ1) is 9.75. The van der Waals surface area contributed by atoms with Crippen molar-refractivity contribution in [3.8, 4) is 0 Å². The number of aromatic nitrogens is 1. The van der Waals surface area contributed by atoms with E-state index in [0.29, 0.717) is 19.4 Å². The lowest BCUT2D eigenvalue weighted by molar-refractivity contribution is 0.0644. The van der Waals surface area contributed by atoms with Crippen LogP contribution in [0.5, 0.6) is 0 Å². The van der Waals surface area contributed by atoms with Crippen LogP contribution in [0.15, 0.2) is 42.0 Å². The van der Waals surface area contributed by atoms with E-state index in [9.17, 15) is 9.90 Å². The molecule has 4 nitrogen and oxygen atoms in total. The Morgan fingerprint density at radius 3 is 2.90 bits per heavy atom. The zero-order chi connectivity index (χ0) is 13.9. The molecule has 3 heterocycles. The summed E-state index contributed by atoms with van der Waals surface area (Å²) >= 11 is 1.44. The van der Waals surface area contributed by atoms with Gasteiger partial charge in [-0.25, -0.2) is 0 Å². The molecule has 3 rings (SSSR count). The number of pyridine rings is 1. The molecule has 2 aromatic heterocycles. The van der Waals surface area contributed by atoms with Gasteiger partial charge in [-0.15, -0.1) is 11.3 Å². The summed E-state index contributed by atoms with van der Waals surface area (Å²) in [6.07, 6.45) is 4.34. The minimum atomic E-state index is -0.452. The highest BCUT2D eigenvalue weighted by Crippen LogP contribution is 2.25. The van der Waals surface area contributed by atoms with Gasteiger partial charge in [0, 0.05) is 18.9 Å². The number of hydrogen-bond donors (Lipinski definition) is 1. The Kier molecular flexibility index (Phi) is 3.80. The second-order valence-electron chi connectivity index (χ2n) is 4.96. The molecular weight excluding hydrogens is 272 g/mol. The molecule has 1 aliphatic heterocycles. The van der Waals surface area contributed by atoms with Gasteiger partial charge < -0.3 is 10.0 Å². The van der Waals surface area contributed by atoms with Crippen molar-refractivity contribution in [2.45, 2.75) is 25.0 Å². The van der Waals surface area contributed by atoms with E-state index in [4.69, 9.17) is 0 Å². The van der Waals surface area contributed by atoms with E-state index in [1.807, 2.05) is 29.6 Å². The predicted molar refractivity (Wildman–Crippen MR) is 77.7 cm³/mol. The zero-order valence-corrected chi connectivity index (χ0v) is 11.8. The first-order valence-electron chi connectivity index (χ1n) is 6.67. The lowest BCUT2D eigenvalue weighted by Gasteiger charge is -2.26. The quantitative estimate of drug-likeness (QED) is 0.939. The van der Waals surface area contributed by atoms with Crippen LogP contribution in [0, 0.1) is 0 Å². The van der Waals surface area contributed by atoms with Gasteiger partial charge in [0.05, 0.1) is 17.0 Å². The molecule has 0 bridgehead atoms. The van der Waals surface area contributed by atoms with E-state index >= 15 is 0 Å². The van der Waals surface area contributed by atoms with Crippen LogP contribution in [0.3, 0.4) is 0 Å². The Bertz CT molecular complexity index is 571. The molecule has 1 fully saturated rings. The van der Waals surface area contributed by atoms with E-state index in [0.717, 1.165) is 10.4 Å². The van der Waals surface area contributed by atoms with Crippen LogP contribution in [0.2, 0.25) is 0 Å². The summed E-state index contributed by atoms with van der Waals surface area (Å²) in [7, 11) is 0. The molecule has 1 aliphatic rings. The standard InChI is InChI=1S/C15H16N2O2S/c18-13-5-8-17(15(19)14-2-1-9-20-14)12(13)10-11-3-6-16-7-4-11/h1-4,6-7,9,12-13,18H,5,8,10H2/t12-,13-/m1/s1. The SMILES string of the molecule is O=C(c1cccs1)N1CC[C@@H](O)[C@H]1Cc1ccncc1. The monoisotopic (exact) mass is 288 g/mol. The van der Waals surface area contributed by atoms with Crippen molar-refractivity contribution >= 4 is 17.2 Å². The lowest BCUT2D eigenvalue weighted by atomic mass is 10.0. The number of rotatable bonds is 3. The number of thiophene rings is 1. The van der Waals surface area contributed by atoms with Crippen LogP contribution in [-0.2, 0) is 6.42 Å². The second-order valence-corrected chi connectivity index (χ2v) is 5.91. The molecule has 0 unspecified atom stereocenters. The topological polar surface area (TPSA) is 53.4 Å². The van der Waals surface area contributed by atoms with E-state index in [-0.39, 0.29) is 11.9 Å². The number of carbonyl (C=O) groups is 1. The first kappa shape index (κ1) is 13.3. The second kappa shape index (κ2) is 5.73. The maximum Gasteiger partial charge on any atom is 0.264 e. The van der Waals surface area contributed by atoms with Crippen molar-refractivity contribution in [3.63, 3.8) is 0 Å². The maximum absolute atomic E-state index is 12.5. The number of likely N-dealkylation sites (tertiary alicyclic amines) is 1. The van der Waals surface area contributed by atoms with E-state index in [2.05, 4.69) is 4.98 Å². The number of amides is 1. The van der Waals surface area contributed by atoms with Crippen LogP contribution in [-0.4, -0.2) is 39.6 Å². The predicted octanol–water partition coefficient (Wildman–Crippen LogP) is 1.96. The zero-order valence-electron chi connectivity index (χ0n) is 11.0. The number of aliphatic hydroxyl groups excluding tert-OH is 1. The molecular formula is C15H16N2O2S. The van der Waals surface area contributed by atoms with Crippen molar-refractivity contribution in [1.82, 2.24) is 9.88 Å². The molecule has 0 radical (unpaired) electrons. The molecule has 2 atom stereocenters. The smallest absolute Gasteiger partial charge is 0.264 e. The summed E-state index contributed by atoms with van der Waals surface area (Å²) in [5, 5.41) is 12.1. The molecule has 2 aromatic rings. The summed E-state index contributed by atoms with van der Waals surface area (Å²) in [4.78, 5) is 19.0. The van der Waals surface area contributed by atoms with Crippen molar-refractivity contribution in [3.05, 3.63) is 52.5 Å². The van der Waals surface area contributed by atoms with Crippen molar-refractivity contribution < 1.29 is 9.90 Å². The fraction of sp³-hybridized carbons (Fsp3) is 0.333. The number of aliphatic hydroxyl groups is 1. The van der Waals surface area contributed by atoms with Gasteiger partial charge in [0.15, 0.2) is 0 Å². The van der Waals surface area contributed by atoms with Crippen LogP contribution in [0.25, 0.3) is 0 Å². The Balaban J connectivity index is 1.78. The first-order valence-corrected chi connectivity index (χ1v) is 7.55. The third-order valence-electron chi connectivity index (χ3n) is 3.70. The van der Waals surface area contributed by atoms with Crippen molar-refractivity contribution in [2.24, 2.45) is 0 Å². The molecule has 0 saturated carbocycles. The highest BCUT2D eigenvalue weighted by molar-refractivity contribution is 7.12. The molecule has 1 saturated heterocycles. The fourth-order valence-corrected chi connectivity index (χ4v) is 3.32. The Morgan fingerprint density at radius 2 is 2.20 bits per heavy atom. The molecule has 0 aliphatic carbocycles. The summed E-state index contributed by atoms with van der Waals surface area (Å²) in [5.74, 6) is 0.0237. The lowest BCUT2D eigenvalue weighted by Crippen LogP contribution is -2.40. The summed E-state index contributed by atoms with van der Waals surface area (Å²) in [6.45, 7) is 0.619. The minimum absolute atomic E-state index is 0.0237. The van der Waals surface area contributed by atoms with E-state index < -0.39 is 6.10 Å². The normalized spacial score (nSPS) is 22.1. The summed E-state index contributed by atoms with van der Waals surface area (Å²) < 4.78 is 0. The van der Waals surface area contributed by atoms with Crippen LogP contribution in [0.1, 0.15) is 21.7 Å². The van der Waals surface area contributed by atoms with Gasteiger partial charge in [0.2, 0.25) is 0 Å². The van der Waals surface area contributed by atoms with Crippen LogP contribution >= 0.6 is 11.3 Å². The average molecular weight is 288 g/mol. The molecule has 20 heavy (non-hydrogen) atoms. The van der Waals surface area contributed by atoms with Gasteiger partial charge in [0.1, 0.15) is 0 Å². The Hall–Kier alpha value is -1.72. The van der Waals surface area contributed by atoms with Gasteiger partial charge >= 0.3 is 0 Å². The van der Waals surface area contributed by atoms with Gasteiger partial charge in [-0.3, -0.25) is 9.78 Å². The number of nitrogens with zero attached hydrogens (tertiary/aromatic N) is 2. The highest BCUT2D eigenvalue weighted by atomic mass is 32.1. The van der Waals surface area contributed by atoms with Gasteiger partial charge in [-0.2, -0.15) is 0 Å². The summed E-state index contributed by atoms with van der Waals surface area (Å²) in [6, 6.07) is 7.42. The molecule has 104 valence electrons. The third-order valence-corrected chi connectivity index (χ3v) is 4.56. The van der Waals surface area contributed by atoms with Gasteiger partial charge in [0.25, 0.3) is 5.91 Å². The molecule has 1 amide bonds.